The van der Waals surface area contributed by atoms with Gasteiger partial charge >= 0.3 is 0 Å². The number of hydrogen-bond donors (Lipinski definition) is 0. The van der Waals surface area contributed by atoms with Crippen LogP contribution in [-0.4, -0.2) is 18.6 Å². The van der Waals surface area contributed by atoms with Gasteiger partial charge in [0.05, 0.1) is 6.10 Å². The minimum atomic E-state index is 0.381. The topological polar surface area (TPSA) is 9.23 Å². The van der Waals surface area contributed by atoms with Crippen molar-refractivity contribution in [1.29, 1.82) is 0 Å². The van der Waals surface area contributed by atoms with Crippen LogP contribution in [0.5, 0.6) is 0 Å². The molecular formula is C4H7ClO. The molecule has 0 amide bonds. The summed E-state index contributed by atoms with van der Waals surface area (Å²) in [6.07, 6.45) is 1.54. The van der Waals surface area contributed by atoms with Crippen molar-refractivity contribution in [2.24, 2.45) is 0 Å². The van der Waals surface area contributed by atoms with Crippen molar-refractivity contribution < 1.29 is 4.74 Å². The van der Waals surface area contributed by atoms with Gasteiger partial charge in [-0.2, -0.15) is 0 Å². The zero-order valence-electron chi connectivity index (χ0n) is 3.48. The summed E-state index contributed by atoms with van der Waals surface area (Å²) >= 11 is 5.38. The summed E-state index contributed by atoms with van der Waals surface area (Å²) in [4.78, 5) is 0. The Morgan fingerprint density at radius 3 is 2.50 bits per heavy atom. The Morgan fingerprint density at radius 2 is 2.50 bits per heavy atom. The summed E-state index contributed by atoms with van der Waals surface area (Å²) in [7, 11) is 0. The highest BCUT2D eigenvalue weighted by Gasteiger charge is 2.15. The molecule has 1 nitrogen and oxygen atoms in total. The quantitative estimate of drug-likeness (QED) is 0.454. The lowest BCUT2D eigenvalue weighted by Gasteiger charge is -2.23. The van der Waals surface area contributed by atoms with Gasteiger partial charge in [-0.15, -0.1) is 11.6 Å². The van der Waals surface area contributed by atoms with E-state index in [1.54, 1.807) is 0 Å². The van der Waals surface area contributed by atoms with Crippen molar-refractivity contribution >= 4 is 11.6 Å². The number of alkyl halides is 1. The van der Waals surface area contributed by atoms with E-state index >= 15 is 0 Å². The number of ether oxygens (including phenoxy) is 1. The van der Waals surface area contributed by atoms with E-state index in [-0.39, 0.29) is 0 Å². The largest absolute Gasteiger partial charge is 0.377 e. The molecule has 6 heavy (non-hydrogen) atoms. The second kappa shape index (κ2) is 1.80. The van der Waals surface area contributed by atoms with Gasteiger partial charge < -0.3 is 4.74 Å². The van der Waals surface area contributed by atoms with Crippen molar-refractivity contribution in [3.05, 3.63) is 0 Å². The average molecular weight is 107 g/mol. The lowest BCUT2D eigenvalue weighted by molar-refractivity contribution is -0.0351. The molecule has 0 bridgehead atoms. The predicted molar refractivity (Wildman–Crippen MR) is 25.1 cm³/mol. The van der Waals surface area contributed by atoms with Gasteiger partial charge in [-0.1, -0.05) is 0 Å². The zero-order valence-corrected chi connectivity index (χ0v) is 4.24. The molecule has 0 spiro atoms. The summed E-state index contributed by atoms with van der Waals surface area (Å²) in [6.45, 7) is 0.914. The van der Waals surface area contributed by atoms with Gasteiger partial charge in [0.25, 0.3) is 0 Å². The molecule has 0 aromatic rings. The smallest absolute Gasteiger partial charge is 0.0732 e. The lowest BCUT2D eigenvalue weighted by atomic mass is 10.2. The molecule has 0 unspecified atom stereocenters. The standard InChI is InChI=1S/C4H7ClO/c5-3-4-1-2-6-4/h4H,1-3H2/t4-/m0/s1. The summed E-state index contributed by atoms with van der Waals surface area (Å²) in [5.74, 6) is 0.667. The Morgan fingerprint density at radius 1 is 1.83 bits per heavy atom. The molecule has 1 fully saturated rings. The first kappa shape index (κ1) is 4.41. The molecular weight excluding hydrogens is 99.5 g/mol. The highest BCUT2D eigenvalue weighted by molar-refractivity contribution is 6.18. The molecule has 36 valence electrons. The fourth-order valence-electron chi connectivity index (χ4n) is 0.406. The van der Waals surface area contributed by atoms with Crippen LogP contribution < -0.4 is 0 Å². The molecule has 0 aliphatic carbocycles. The maximum atomic E-state index is 5.38. The van der Waals surface area contributed by atoms with Gasteiger partial charge in [0.1, 0.15) is 0 Å². The van der Waals surface area contributed by atoms with Crippen LogP contribution in [0.2, 0.25) is 0 Å². The monoisotopic (exact) mass is 106 g/mol. The average Bonchev–Trinajstić information content (AvgIpc) is 1.31. The maximum Gasteiger partial charge on any atom is 0.0732 e. The molecule has 0 aromatic heterocycles. The maximum absolute atomic E-state index is 5.38. The molecule has 0 aromatic carbocycles. The van der Waals surface area contributed by atoms with Crippen LogP contribution >= 0.6 is 11.6 Å². The van der Waals surface area contributed by atoms with Crippen molar-refractivity contribution in [2.45, 2.75) is 12.5 Å². The Balaban J connectivity index is 2.01. The molecule has 0 N–H and O–H groups in total. The van der Waals surface area contributed by atoms with Crippen molar-refractivity contribution in [3.8, 4) is 0 Å². The van der Waals surface area contributed by atoms with Crippen LogP contribution in [0.15, 0.2) is 0 Å². The van der Waals surface area contributed by atoms with Crippen molar-refractivity contribution in [1.82, 2.24) is 0 Å². The van der Waals surface area contributed by atoms with Gasteiger partial charge in [-0.25, -0.2) is 0 Å². The Kier molecular flexibility index (Phi) is 1.33. The van der Waals surface area contributed by atoms with Gasteiger partial charge in [0, 0.05) is 12.5 Å². The van der Waals surface area contributed by atoms with Gasteiger partial charge in [-0.3, -0.25) is 0 Å². The third kappa shape index (κ3) is 0.660. The molecule has 1 rings (SSSR count). The second-order valence-electron chi connectivity index (χ2n) is 1.44. The predicted octanol–water partition coefficient (Wildman–Crippen LogP) is 1.01. The summed E-state index contributed by atoms with van der Waals surface area (Å²) in [5, 5.41) is 0. The van der Waals surface area contributed by atoms with Crippen LogP contribution in [0.1, 0.15) is 6.42 Å². The van der Waals surface area contributed by atoms with E-state index in [1.165, 1.54) is 0 Å². The zero-order chi connectivity index (χ0) is 4.41. The molecule has 2 heteroatoms. The minimum absolute atomic E-state index is 0.381. The van der Waals surface area contributed by atoms with E-state index in [0.29, 0.717) is 12.0 Å². The van der Waals surface area contributed by atoms with Crippen molar-refractivity contribution in [3.63, 3.8) is 0 Å². The third-order valence-corrected chi connectivity index (χ3v) is 1.31. The normalized spacial score (nSPS) is 32.5. The number of hydrogen-bond acceptors (Lipinski definition) is 1. The van der Waals surface area contributed by atoms with E-state index in [2.05, 4.69) is 0 Å². The van der Waals surface area contributed by atoms with Crippen LogP contribution in [0, 0.1) is 0 Å². The van der Waals surface area contributed by atoms with E-state index in [9.17, 15) is 0 Å². The van der Waals surface area contributed by atoms with Gasteiger partial charge in [0.15, 0.2) is 0 Å². The van der Waals surface area contributed by atoms with Crippen molar-refractivity contribution in [2.75, 3.05) is 12.5 Å². The number of halogens is 1. The first-order valence-electron chi connectivity index (χ1n) is 2.11. The van der Waals surface area contributed by atoms with Gasteiger partial charge in [0.2, 0.25) is 0 Å². The highest BCUT2D eigenvalue weighted by atomic mass is 35.5. The minimum Gasteiger partial charge on any atom is -0.377 e. The van der Waals surface area contributed by atoms with E-state index < -0.39 is 0 Å². The molecule has 0 saturated carbocycles. The molecule has 1 aliphatic rings. The summed E-state index contributed by atoms with van der Waals surface area (Å²) in [5.41, 5.74) is 0. The highest BCUT2D eigenvalue weighted by Crippen LogP contribution is 2.10. The third-order valence-electron chi connectivity index (χ3n) is 0.965. The molecule has 1 aliphatic heterocycles. The fourth-order valence-corrected chi connectivity index (χ4v) is 0.650. The van der Waals surface area contributed by atoms with Gasteiger partial charge in [-0.05, 0) is 6.42 Å². The van der Waals surface area contributed by atoms with E-state index in [0.717, 1.165) is 13.0 Å². The fraction of sp³-hybridized carbons (Fsp3) is 1.00. The van der Waals surface area contributed by atoms with Crippen LogP contribution in [0.4, 0.5) is 0 Å². The summed E-state index contributed by atoms with van der Waals surface area (Å²) in [6, 6.07) is 0. The molecule has 0 radical (unpaired) electrons. The van der Waals surface area contributed by atoms with E-state index in [1.807, 2.05) is 0 Å². The number of rotatable bonds is 1. The Labute approximate surface area is 42.2 Å². The summed E-state index contributed by atoms with van der Waals surface area (Å²) < 4.78 is 4.95. The lowest BCUT2D eigenvalue weighted by Crippen LogP contribution is -2.27. The van der Waals surface area contributed by atoms with Crippen LogP contribution in [-0.2, 0) is 4.74 Å². The SMILES string of the molecule is ClC[C@@H]1CCO1. The Hall–Kier alpha value is 0.250. The van der Waals surface area contributed by atoms with Crippen LogP contribution in [0.25, 0.3) is 0 Å². The molecule has 1 heterocycles. The first-order valence-corrected chi connectivity index (χ1v) is 2.64. The second-order valence-corrected chi connectivity index (χ2v) is 1.74. The van der Waals surface area contributed by atoms with E-state index in [4.69, 9.17) is 16.3 Å². The Bertz CT molecular complexity index is 40.1. The van der Waals surface area contributed by atoms with Crippen LogP contribution in [0.3, 0.4) is 0 Å². The first-order chi connectivity index (χ1) is 2.93. The molecule has 1 atom stereocenters. The molecule has 1 saturated heterocycles.